The maximum absolute atomic E-state index is 12.6. The number of hydrogen-bond acceptors (Lipinski definition) is 6. The summed E-state index contributed by atoms with van der Waals surface area (Å²) >= 11 is 3.01. The summed E-state index contributed by atoms with van der Waals surface area (Å²) in [6.07, 6.45) is 2.33. The fraction of sp³-hybridized carbons (Fsp3) is 0.375. The minimum absolute atomic E-state index is 0.161. The van der Waals surface area contributed by atoms with E-state index in [9.17, 15) is 13.2 Å². The van der Waals surface area contributed by atoms with Gasteiger partial charge in [-0.1, -0.05) is 12.1 Å². The average molecular weight is 400 g/mol. The standard InChI is InChI=1S/C16H21N3O3S3/c1-12-4-3-5-14(8-12)25(21,22)19-15(6-7-23-2)16(20)17-9-13-10-24-11-18-13/h3-5,8,10-11,15,19H,6-7,9H2,1-2H3,(H,17,20)/t15-/m0/s1. The molecule has 0 fully saturated rings. The average Bonchev–Trinajstić information content (AvgIpc) is 3.10. The number of rotatable bonds is 9. The molecule has 1 atom stereocenters. The molecule has 2 N–H and O–H groups in total. The minimum atomic E-state index is -3.76. The summed E-state index contributed by atoms with van der Waals surface area (Å²) in [7, 11) is -3.76. The molecular weight excluding hydrogens is 378 g/mol. The lowest BCUT2D eigenvalue weighted by molar-refractivity contribution is -0.122. The SMILES string of the molecule is CSCC[C@H](NS(=O)(=O)c1cccc(C)c1)C(=O)NCc1cscn1. The number of thiazole rings is 1. The monoisotopic (exact) mass is 399 g/mol. The lowest BCUT2D eigenvalue weighted by atomic mass is 10.2. The van der Waals surface area contributed by atoms with Crippen molar-refractivity contribution in [2.45, 2.75) is 30.8 Å². The van der Waals surface area contributed by atoms with Gasteiger partial charge in [0.25, 0.3) is 0 Å². The Kier molecular flexibility index (Phi) is 7.42. The van der Waals surface area contributed by atoms with E-state index in [-0.39, 0.29) is 17.3 Å². The Morgan fingerprint density at radius 1 is 1.40 bits per heavy atom. The highest BCUT2D eigenvalue weighted by Gasteiger charge is 2.25. The summed E-state index contributed by atoms with van der Waals surface area (Å²) < 4.78 is 27.7. The quantitative estimate of drug-likeness (QED) is 0.675. The predicted octanol–water partition coefficient (Wildman–Crippen LogP) is 2.17. The summed E-state index contributed by atoms with van der Waals surface area (Å²) in [5, 5.41) is 4.59. The maximum atomic E-state index is 12.6. The molecule has 0 aliphatic carbocycles. The molecule has 0 saturated heterocycles. The van der Waals surface area contributed by atoms with Crippen LogP contribution in [0.4, 0.5) is 0 Å². The van der Waals surface area contributed by atoms with Crippen molar-refractivity contribution in [3.63, 3.8) is 0 Å². The van der Waals surface area contributed by atoms with Gasteiger partial charge in [-0.3, -0.25) is 4.79 Å². The third kappa shape index (κ3) is 6.10. The normalized spacial score (nSPS) is 12.7. The summed E-state index contributed by atoms with van der Waals surface area (Å²) in [4.78, 5) is 16.7. The van der Waals surface area contributed by atoms with Crippen molar-refractivity contribution < 1.29 is 13.2 Å². The largest absolute Gasteiger partial charge is 0.349 e. The molecule has 0 bridgehead atoms. The van der Waals surface area contributed by atoms with Crippen LogP contribution in [0.15, 0.2) is 40.1 Å². The van der Waals surface area contributed by atoms with Crippen LogP contribution in [-0.2, 0) is 21.4 Å². The van der Waals surface area contributed by atoms with E-state index in [1.54, 1.807) is 29.4 Å². The maximum Gasteiger partial charge on any atom is 0.241 e. The first-order valence-electron chi connectivity index (χ1n) is 7.65. The minimum Gasteiger partial charge on any atom is -0.349 e. The van der Waals surface area contributed by atoms with Gasteiger partial charge in [0.1, 0.15) is 6.04 Å². The van der Waals surface area contributed by atoms with Gasteiger partial charge in [0.2, 0.25) is 15.9 Å². The molecular formula is C16H21N3O3S3. The zero-order valence-electron chi connectivity index (χ0n) is 14.1. The molecule has 0 spiro atoms. The first-order valence-corrected chi connectivity index (χ1v) is 11.5. The van der Waals surface area contributed by atoms with E-state index < -0.39 is 16.1 Å². The number of benzene rings is 1. The van der Waals surface area contributed by atoms with Crippen molar-refractivity contribution >= 4 is 39.0 Å². The molecule has 1 aromatic heterocycles. The zero-order chi connectivity index (χ0) is 18.3. The molecule has 9 heteroatoms. The van der Waals surface area contributed by atoms with E-state index in [1.807, 2.05) is 24.6 Å². The lowest BCUT2D eigenvalue weighted by Gasteiger charge is -2.18. The van der Waals surface area contributed by atoms with Gasteiger partial charge in [-0.2, -0.15) is 16.5 Å². The van der Waals surface area contributed by atoms with Gasteiger partial charge in [-0.25, -0.2) is 13.4 Å². The number of nitrogens with one attached hydrogen (secondary N) is 2. The number of amides is 1. The van der Waals surface area contributed by atoms with Gasteiger partial charge < -0.3 is 5.32 Å². The molecule has 2 aromatic rings. The number of aryl methyl sites for hydroxylation is 1. The first-order chi connectivity index (χ1) is 11.9. The summed E-state index contributed by atoms with van der Waals surface area (Å²) in [5.74, 6) is 0.323. The van der Waals surface area contributed by atoms with Gasteiger partial charge in [0.05, 0.1) is 22.6 Å². The zero-order valence-corrected chi connectivity index (χ0v) is 16.5. The molecule has 0 aliphatic heterocycles. The van der Waals surface area contributed by atoms with Crippen molar-refractivity contribution in [1.29, 1.82) is 0 Å². The third-order valence-corrected chi connectivity index (χ3v) is 6.20. The van der Waals surface area contributed by atoms with E-state index in [2.05, 4.69) is 15.0 Å². The smallest absolute Gasteiger partial charge is 0.241 e. The van der Waals surface area contributed by atoms with Crippen molar-refractivity contribution in [3.05, 3.63) is 46.4 Å². The van der Waals surface area contributed by atoms with Crippen LogP contribution in [-0.4, -0.2) is 37.4 Å². The number of nitrogens with zero attached hydrogens (tertiary/aromatic N) is 1. The number of thioether (sulfide) groups is 1. The van der Waals surface area contributed by atoms with Crippen LogP contribution < -0.4 is 10.0 Å². The predicted molar refractivity (Wildman–Crippen MR) is 102 cm³/mol. The number of carbonyl (C=O) groups excluding carboxylic acids is 1. The molecule has 1 aromatic carbocycles. The molecule has 136 valence electrons. The van der Waals surface area contributed by atoms with E-state index in [1.165, 1.54) is 17.4 Å². The number of sulfonamides is 1. The lowest BCUT2D eigenvalue weighted by Crippen LogP contribution is -2.46. The van der Waals surface area contributed by atoms with Crippen LogP contribution in [0.3, 0.4) is 0 Å². The fourth-order valence-electron chi connectivity index (χ4n) is 2.14. The Hall–Kier alpha value is -1.42. The van der Waals surface area contributed by atoms with Crippen molar-refractivity contribution in [1.82, 2.24) is 15.0 Å². The van der Waals surface area contributed by atoms with Gasteiger partial charge in [0, 0.05) is 5.38 Å². The van der Waals surface area contributed by atoms with Gasteiger partial charge in [-0.05, 0) is 43.0 Å². The van der Waals surface area contributed by atoms with Crippen molar-refractivity contribution in [2.75, 3.05) is 12.0 Å². The molecule has 0 unspecified atom stereocenters. The van der Waals surface area contributed by atoms with Gasteiger partial charge in [0.15, 0.2) is 0 Å². The Labute approximate surface area is 156 Å². The molecule has 25 heavy (non-hydrogen) atoms. The molecule has 0 saturated carbocycles. The van der Waals surface area contributed by atoms with E-state index in [0.29, 0.717) is 12.2 Å². The van der Waals surface area contributed by atoms with Crippen LogP contribution in [0.2, 0.25) is 0 Å². The van der Waals surface area contributed by atoms with E-state index >= 15 is 0 Å². The van der Waals surface area contributed by atoms with Crippen LogP contribution >= 0.6 is 23.1 Å². The van der Waals surface area contributed by atoms with Crippen molar-refractivity contribution in [3.8, 4) is 0 Å². The Balaban J connectivity index is 2.09. The van der Waals surface area contributed by atoms with E-state index in [0.717, 1.165) is 11.3 Å². The highest BCUT2D eigenvalue weighted by atomic mass is 32.2. The second-order valence-electron chi connectivity index (χ2n) is 5.47. The topological polar surface area (TPSA) is 88.2 Å². The molecule has 2 rings (SSSR count). The highest BCUT2D eigenvalue weighted by molar-refractivity contribution is 7.98. The second kappa shape index (κ2) is 9.33. The summed E-state index contributed by atoms with van der Waals surface area (Å²) in [6, 6.07) is 5.79. The molecule has 1 heterocycles. The third-order valence-electron chi connectivity index (χ3n) is 3.45. The van der Waals surface area contributed by atoms with Crippen LogP contribution in [0.25, 0.3) is 0 Å². The number of carbonyl (C=O) groups is 1. The number of aromatic nitrogens is 1. The van der Waals surface area contributed by atoms with Crippen molar-refractivity contribution in [2.24, 2.45) is 0 Å². The van der Waals surface area contributed by atoms with Gasteiger partial charge >= 0.3 is 0 Å². The van der Waals surface area contributed by atoms with Crippen LogP contribution in [0.5, 0.6) is 0 Å². The molecule has 0 radical (unpaired) electrons. The fourth-order valence-corrected chi connectivity index (χ4v) is 4.51. The highest BCUT2D eigenvalue weighted by Crippen LogP contribution is 2.13. The second-order valence-corrected chi connectivity index (χ2v) is 8.89. The molecule has 0 aliphatic rings. The Morgan fingerprint density at radius 2 is 2.20 bits per heavy atom. The summed E-state index contributed by atoms with van der Waals surface area (Å²) in [5.41, 5.74) is 3.28. The molecule has 6 nitrogen and oxygen atoms in total. The Morgan fingerprint density at radius 3 is 2.84 bits per heavy atom. The molecule has 1 amide bonds. The number of hydrogen-bond donors (Lipinski definition) is 2. The van der Waals surface area contributed by atoms with Crippen LogP contribution in [0, 0.1) is 6.92 Å². The first kappa shape index (κ1) is 19.9. The van der Waals surface area contributed by atoms with Crippen LogP contribution in [0.1, 0.15) is 17.7 Å². The van der Waals surface area contributed by atoms with Gasteiger partial charge in [-0.15, -0.1) is 11.3 Å². The Bertz CT molecular complexity index is 792. The summed E-state index contributed by atoms with van der Waals surface area (Å²) in [6.45, 7) is 2.11. The van der Waals surface area contributed by atoms with E-state index in [4.69, 9.17) is 0 Å².